The van der Waals surface area contributed by atoms with E-state index in [9.17, 15) is 8.78 Å². The maximum atomic E-state index is 14.3. The minimum absolute atomic E-state index is 0.294. The molecule has 0 amide bonds. The molecule has 2 aromatic rings. The average Bonchev–Trinajstić information content (AvgIpc) is 2.78. The van der Waals surface area contributed by atoms with Crippen LogP contribution in [-0.4, -0.2) is 6.54 Å². The highest BCUT2D eigenvalue weighted by Gasteiger charge is 2.22. The van der Waals surface area contributed by atoms with Crippen molar-refractivity contribution < 1.29 is 8.78 Å². The SMILES string of the molecule is CCCNC(c1cc(C)c(C)s1)c1ccc(C)c(F)c1F. The molecular weight excluding hydrogens is 288 g/mol. The van der Waals surface area contributed by atoms with Gasteiger partial charge in [-0.3, -0.25) is 0 Å². The Bertz CT molecular complexity index is 614. The summed E-state index contributed by atoms with van der Waals surface area (Å²) in [7, 11) is 0. The zero-order valence-corrected chi connectivity index (χ0v) is 13.7. The Kier molecular flexibility index (Phi) is 5.12. The van der Waals surface area contributed by atoms with Gasteiger partial charge in [0.05, 0.1) is 6.04 Å². The second-order valence-corrected chi connectivity index (χ2v) is 6.66. The minimum atomic E-state index is -0.749. The summed E-state index contributed by atoms with van der Waals surface area (Å²) in [5, 5.41) is 3.33. The molecule has 4 heteroatoms. The molecule has 0 aliphatic carbocycles. The molecule has 1 aromatic carbocycles. The van der Waals surface area contributed by atoms with Gasteiger partial charge >= 0.3 is 0 Å². The molecule has 1 unspecified atom stereocenters. The van der Waals surface area contributed by atoms with Crippen molar-refractivity contribution in [2.45, 2.75) is 40.2 Å². The molecular formula is C17H21F2NS. The number of hydrogen-bond acceptors (Lipinski definition) is 2. The maximum Gasteiger partial charge on any atom is 0.164 e. The largest absolute Gasteiger partial charge is 0.306 e. The summed E-state index contributed by atoms with van der Waals surface area (Å²) in [6, 6.07) is 5.09. The van der Waals surface area contributed by atoms with Crippen LogP contribution in [0.2, 0.25) is 0 Å². The quantitative estimate of drug-likeness (QED) is 0.816. The first-order chi connectivity index (χ1) is 9.95. The summed E-state index contributed by atoms with van der Waals surface area (Å²) in [5.74, 6) is -1.49. The fourth-order valence-corrected chi connectivity index (χ4v) is 3.42. The third-order valence-corrected chi connectivity index (χ3v) is 4.90. The monoisotopic (exact) mass is 309 g/mol. The van der Waals surface area contributed by atoms with E-state index in [1.54, 1.807) is 30.4 Å². The van der Waals surface area contributed by atoms with E-state index < -0.39 is 11.6 Å². The average molecular weight is 309 g/mol. The fourth-order valence-electron chi connectivity index (χ4n) is 2.28. The van der Waals surface area contributed by atoms with Crippen LogP contribution in [-0.2, 0) is 0 Å². The van der Waals surface area contributed by atoms with E-state index >= 15 is 0 Å². The first-order valence-electron chi connectivity index (χ1n) is 7.20. The molecule has 1 N–H and O–H groups in total. The smallest absolute Gasteiger partial charge is 0.164 e. The van der Waals surface area contributed by atoms with Crippen molar-refractivity contribution >= 4 is 11.3 Å². The molecule has 0 radical (unpaired) electrons. The van der Waals surface area contributed by atoms with Crippen molar-refractivity contribution in [3.05, 3.63) is 56.3 Å². The molecule has 0 fully saturated rings. The zero-order valence-electron chi connectivity index (χ0n) is 12.9. The zero-order chi connectivity index (χ0) is 15.6. The standard InChI is InChI=1S/C17H21F2NS/c1-5-8-20-17(14-9-11(3)12(4)21-14)13-7-6-10(2)15(18)16(13)19/h6-7,9,17,20H,5,8H2,1-4H3. The fraction of sp³-hybridized carbons (Fsp3) is 0.412. The molecule has 1 heterocycles. The van der Waals surface area contributed by atoms with Crippen LogP contribution in [0.25, 0.3) is 0 Å². The van der Waals surface area contributed by atoms with Crippen LogP contribution in [0.4, 0.5) is 8.78 Å². The second-order valence-electron chi connectivity index (χ2n) is 5.37. The Morgan fingerprint density at radius 3 is 2.38 bits per heavy atom. The van der Waals surface area contributed by atoms with Gasteiger partial charge in [0.2, 0.25) is 0 Å². The lowest BCUT2D eigenvalue weighted by molar-refractivity contribution is 0.477. The molecule has 2 rings (SSSR count). The lowest BCUT2D eigenvalue weighted by Crippen LogP contribution is -2.23. The van der Waals surface area contributed by atoms with Crippen LogP contribution in [0.15, 0.2) is 18.2 Å². The van der Waals surface area contributed by atoms with Crippen molar-refractivity contribution in [3.63, 3.8) is 0 Å². The van der Waals surface area contributed by atoms with E-state index in [1.807, 2.05) is 13.8 Å². The summed E-state index contributed by atoms with van der Waals surface area (Å²) in [6.45, 7) is 8.48. The van der Waals surface area contributed by atoms with Crippen LogP contribution in [0.1, 0.15) is 45.8 Å². The Morgan fingerprint density at radius 2 is 1.81 bits per heavy atom. The van der Waals surface area contributed by atoms with Gasteiger partial charge in [0.25, 0.3) is 0 Å². The number of thiophene rings is 1. The highest BCUT2D eigenvalue weighted by atomic mass is 32.1. The van der Waals surface area contributed by atoms with Crippen LogP contribution in [0.3, 0.4) is 0 Å². The van der Waals surface area contributed by atoms with E-state index in [0.717, 1.165) is 17.8 Å². The number of halogens is 2. The topological polar surface area (TPSA) is 12.0 Å². The van der Waals surface area contributed by atoms with Gasteiger partial charge < -0.3 is 5.32 Å². The van der Waals surface area contributed by atoms with Crippen LogP contribution >= 0.6 is 11.3 Å². The van der Waals surface area contributed by atoms with E-state index in [2.05, 4.69) is 18.3 Å². The van der Waals surface area contributed by atoms with Crippen LogP contribution in [0.5, 0.6) is 0 Å². The van der Waals surface area contributed by atoms with Gasteiger partial charge in [-0.2, -0.15) is 0 Å². The summed E-state index contributed by atoms with van der Waals surface area (Å²) in [4.78, 5) is 2.24. The first kappa shape index (κ1) is 16.1. The molecule has 0 spiro atoms. The molecule has 1 aromatic heterocycles. The summed E-state index contributed by atoms with van der Waals surface area (Å²) >= 11 is 1.63. The Hall–Kier alpha value is -1.26. The highest BCUT2D eigenvalue weighted by molar-refractivity contribution is 7.12. The van der Waals surface area contributed by atoms with Gasteiger partial charge in [0.1, 0.15) is 0 Å². The molecule has 21 heavy (non-hydrogen) atoms. The Balaban J connectivity index is 2.47. The number of aryl methyl sites for hydroxylation is 3. The first-order valence-corrected chi connectivity index (χ1v) is 8.02. The predicted molar refractivity (Wildman–Crippen MR) is 85.0 cm³/mol. The normalized spacial score (nSPS) is 12.7. The van der Waals surface area contributed by atoms with Gasteiger partial charge in [-0.05, 0) is 50.9 Å². The molecule has 114 valence electrons. The van der Waals surface area contributed by atoms with Crippen molar-refractivity contribution in [2.75, 3.05) is 6.54 Å². The van der Waals surface area contributed by atoms with E-state index in [1.165, 1.54) is 10.4 Å². The Morgan fingerprint density at radius 1 is 1.10 bits per heavy atom. The number of hydrogen-bond donors (Lipinski definition) is 1. The lowest BCUT2D eigenvalue weighted by Gasteiger charge is -2.19. The highest BCUT2D eigenvalue weighted by Crippen LogP contribution is 2.33. The van der Waals surface area contributed by atoms with E-state index in [0.29, 0.717) is 11.1 Å². The molecule has 1 nitrogen and oxygen atoms in total. The maximum absolute atomic E-state index is 14.3. The Labute approximate surface area is 129 Å². The number of nitrogens with one attached hydrogen (secondary N) is 1. The van der Waals surface area contributed by atoms with Gasteiger partial charge in [-0.25, -0.2) is 8.78 Å². The second kappa shape index (κ2) is 6.67. The van der Waals surface area contributed by atoms with Crippen LogP contribution < -0.4 is 5.32 Å². The molecule has 0 aliphatic heterocycles. The molecule has 0 saturated carbocycles. The molecule has 0 aliphatic rings. The van der Waals surface area contributed by atoms with Gasteiger partial charge in [0.15, 0.2) is 11.6 Å². The third-order valence-electron chi connectivity index (χ3n) is 3.68. The molecule has 0 saturated heterocycles. The predicted octanol–water partition coefficient (Wildman–Crippen LogP) is 5.04. The van der Waals surface area contributed by atoms with Crippen molar-refractivity contribution in [1.82, 2.24) is 5.32 Å². The van der Waals surface area contributed by atoms with Crippen molar-refractivity contribution in [2.24, 2.45) is 0 Å². The number of rotatable bonds is 5. The van der Waals surface area contributed by atoms with Crippen LogP contribution in [0, 0.1) is 32.4 Å². The van der Waals surface area contributed by atoms with E-state index in [4.69, 9.17) is 0 Å². The van der Waals surface area contributed by atoms with E-state index in [-0.39, 0.29) is 6.04 Å². The van der Waals surface area contributed by atoms with Crippen molar-refractivity contribution in [1.29, 1.82) is 0 Å². The summed E-state index contributed by atoms with van der Waals surface area (Å²) in [5.41, 5.74) is 1.91. The molecule has 1 atom stereocenters. The minimum Gasteiger partial charge on any atom is -0.306 e. The summed E-state index contributed by atoms with van der Waals surface area (Å²) < 4.78 is 28.2. The molecule has 0 bridgehead atoms. The number of benzene rings is 1. The van der Waals surface area contributed by atoms with Gasteiger partial charge in [0, 0.05) is 15.3 Å². The lowest BCUT2D eigenvalue weighted by atomic mass is 10.0. The van der Waals surface area contributed by atoms with Gasteiger partial charge in [-0.15, -0.1) is 11.3 Å². The third kappa shape index (κ3) is 3.33. The van der Waals surface area contributed by atoms with Crippen molar-refractivity contribution in [3.8, 4) is 0 Å². The van der Waals surface area contributed by atoms with Gasteiger partial charge in [-0.1, -0.05) is 19.1 Å². The summed E-state index contributed by atoms with van der Waals surface area (Å²) in [6.07, 6.45) is 0.940.